The third kappa shape index (κ3) is 3.38. The van der Waals surface area contributed by atoms with E-state index in [2.05, 4.69) is 15.6 Å². The number of thiazole rings is 1. The van der Waals surface area contributed by atoms with Crippen LogP contribution in [0.5, 0.6) is 0 Å². The van der Waals surface area contributed by atoms with Crippen LogP contribution in [0.15, 0.2) is 0 Å². The van der Waals surface area contributed by atoms with Crippen LogP contribution in [-0.2, 0) is 17.8 Å². The zero-order chi connectivity index (χ0) is 13.8. The molecule has 1 amide bonds. The minimum Gasteiger partial charge on any atom is -0.311 e. The molecule has 0 atom stereocenters. The second-order valence-corrected chi connectivity index (χ2v) is 6.93. The smallest absolute Gasteiger partial charge is 0.229 e. The Morgan fingerprint density at radius 2 is 1.95 bits per heavy atom. The van der Waals surface area contributed by atoms with E-state index < -0.39 is 0 Å². The molecule has 5 heteroatoms. The van der Waals surface area contributed by atoms with Crippen molar-refractivity contribution in [1.82, 2.24) is 10.3 Å². The average Bonchev–Trinajstić information content (AvgIpc) is 2.80. The monoisotopic (exact) mass is 293 g/mol. The molecule has 1 aromatic rings. The molecule has 0 radical (unpaired) electrons. The lowest BCUT2D eigenvalue weighted by Crippen LogP contribution is -2.23. The Morgan fingerprint density at radius 3 is 2.70 bits per heavy atom. The second-order valence-electron chi connectivity index (χ2n) is 5.85. The fourth-order valence-corrected chi connectivity index (χ4v) is 4.09. The lowest BCUT2D eigenvalue weighted by molar-refractivity contribution is -0.120. The zero-order valence-electron chi connectivity index (χ0n) is 11.9. The summed E-state index contributed by atoms with van der Waals surface area (Å²) in [5, 5.41) is 7.20. The van der Waals surface area contributed by atoms with Gasteiger partial charge in [-0.2, -0.15) is 0 Å². The van der Waals surface area contributed by atoms with Crippen molar-refractivity contribution in [2.75, 3.05) is 11.9 Å². The number of nitrogens with one attached hydrogen (secondary N) is 2. The molecule has 110 valence electrons. The summed E-state index contributed by atoms with van der Waals surface area (Å²) < 4.78 is 0. The van der Waals surface area contributed by atoms with Crippen LogP contribution in [0, 0.1) is 5.92 Å². The summed E-state index contributed by atoms with van der Waals surface area (Å²) >= 11 is 1.63. The summed E-state index contributed by atoms with van der Waals surface area (Å²) in [5.41, 5.74) is 1.17. The van der Waals surface area contributed by atoms with Crippen molar-refractivity contribution >= 4 is 22.4 Å². The van der Waals surface area contributed by atoms with E-state index in [0.717, 1.165) is 37.5 Å². The highest BCUT2D eigenvalue weighted by Gasteiger charge is 2.22. The summed E-state index contributed by atoms with van der Waals surface area (Å²) in [5.74, 6) is 0.375. The second kappa shape index (κ2) is 6.68. The first-order valence-corrected chi connectivity index (χ1v) is 8.65. The van der Waals surface area contributed by atoms with Gasteiger partial charge in [0.1, 0.15) is 0 Å². The molecule has 1 aromatic heterocycles. The number of carbonyl (C=O) groups is 1. The molecule has 2 aliphatic rings. The molecule has 20 heavy (non-hydrogen) atoms. The number of hydrogen-bond donors (Lipinski definition) is 2. The Labute approximate surface area is 124 Å². The van der Waals surface area contributed by atoms with E-state index in [1.54, 1.807) is 11.3 Å². The van der Waals surface area contributed by atoms with Gasteiger partial charge in [0, 0.05) is 30.3 Å². The fraction of sp³-hybridized carbons (Fsp3) is 0.733. The number of hydrogen-bond acceptors (Lipinski definition) is 4. The fourth-order valence-electron chi connectivity index (χ4n) is 3.10. The van der Waals surface area contributed by atoms with Gasteiger partial charge in [-0.25, -0.2) is 4.98 Å². The Hall–Kier alpha value is -0.940. The highest BCUT2D eigenvalue weighted by Crippen LogP contribution is 2.28. The Kier molecular flexibility index (Phi) is 4.68. The molecule has 0 bridgehead atoms. The van der Waals surface area contributed by atoms with Crippen molar-refractivity contribution in [3.05, 3.63) is 10.6 Å². The Bertz CT molecular complexity index is 440. The Balaban J connectivity index is 1.61. The molecular formula is C15H23N3OS. The summed E-state index contributed by atoms with van der Waals surface area (Å²) in [7, 11) is 0. The van der Waals surface area contributed by atoms with Gasteiger partial charge in [0.2, 0.25) is 5.91 Å². The summed E-state index contributed by atoms with van der Waals surface area (Å²) in [6.07, 6.45) is 9.33. The summed E-state index contributed by atoms with van der Waals surface area (Å²) in [6, 6.07) is 0. The van der Waals surface area contributed by atoms with Gasteiger partial charge in [-0.3, -0.25) is 4.79 Å². The molecule has 2 N–H and O–H groups in total. The van der Waals surface area contributed by atoms with Gasteiger partial charge in [-0.1, -0.05) is 32.1 Å². The molecule has 3 rings (SSSR count). The van der Waals surface area contributed by atoms with Crippen LogP contribution in [0.4, 0.5) is 5.13 Å². The number of fused-ring (bicyclic) bond motifs is 1. The normalized spacial score (nSPS) is 20.8. The van der Waals surface area contributed by atoms with E-state index in [1.807, 2.05) is 0 Å². The highest BCUT2D eigenvalue weighted by atomic mass is 32.1. The predicted molar refractivity (Wildman–Crippen MR) is 82.0 cm³/mol. The quantitative estimate of drug-likeness (QED) is 0.881. The molecule has 1 saturated carbocycles. The first kappa shape index (κ1) is 14.0. The van der Waals surface area contributed by atoms with Crippen molar-refractivity contribution in [3.8, 4) is 0 Å². The van der Waals surface area contributed by atoms with Crippen LogP contribution in [0.1, 0.15) is 55.5 Å². The molecule has 1 aliphatic carbocycles. The lowest BCUT2D eigenvalue weighted by Gasteiger charge is -2.18. The van der Waals surface area contributed by atoms with E-state index in [9.17, 15) is 4.79 Å². The lowest BCUT2D eigenvalue weighted by atomic mass is 9.90. The first-order chi connectivity index (χ1) is 9.83. The van der Waals surface area contributed by atoms with Crippen molar-refractivity contribution in [2.24, 2.45) is 5.92 Å². The van der Waals surface area contributed by atoms with Gasteiger partial charge >= 0.3 is 0 Å². The number of aromatic nitrogens is 1. The standard InChI is InChI=1S/C15H23N3OS/c19-14(11-6-4-2-1-3-5-7-11)18-15-17-12-8-9-16-10-13(12)20-15/h11,16H,1-10H2,(H,17,18,19). The van der Waals surface area contributed by atoms with Gasteiger partial charge < -0.3 is 10.6 Å². The van der Waals surface area contributed by atoms with E-state index >= 15 is 0 Å². The van der Waals surface area contributed by atoms with Gasteiger partial charge in [0.25, 0.3) is 0 Å². The average molecular weight is 293 g/mol. The largest absolute Gasteiger partial charge is 0.311 e. The van der Waals surface area contributed by atoms with Crippen LogP contribution >= 0.6 is 11.3 Å². The van der Waals surface area contributed by atoms with E-state index in [1.165, 1.54) is 42.7 Å². The topological polar surface area (TPSA) is 54.0 Å². The molecule has 0 aromatic carbocycles. The van der Waals surface area contributed by atoms with Gasteiger partial charge in [0.05, 0.1) is 5.69 Å². The minimum absolute atomic E-state index is 0.186. The van der Waals surface area contributed by atoms with E-state index in [-0.39, 0.29) is 11.8 Å². The number of anilines is 1. The molecule has 0 spiro atoms. The van der Waals surface area contributed by atoms with E-state index in [0.29, 0.717) is 0 Å². The van der Waals surface area contributed by atoms with Gasteiger partial charge in [-0.05, 0) is 12.8 Å². The predicted octanol–water partition coefficient (Wildman–Crippen LogP) is 3.09. The maximum atomic E-state index is 12.4. The molecular weight excluding hydrogens is 270 g/mol. The number of nitrogens with zero attached hydrogens (tertiary/aromatic N) is 1. The van der Waals surface area contributed by atoms with Crippen molar-refractivity contribution in [3.63, 3.8) is 0 Å². The first-order valence-electron chi connectivity index (χ1n) is 7.83. The SMILES string of the molecule is O=C(Nc1nc2c(s1)CNCC2)C1CCCCCCC1. The maximum absolute atomic E-state index is 12.4. The summed E-state index contributed by atoms with van der Waals surface area (Å²) in [6.45, 7) is 1.89. The molecule has 2 heterocycles. The third-order valence-electron chi connectivity index (χ3n) is 4.31. The van der Waals surface area contributed by atoms with Gasteiger partial charge in [0.15, 0.2) is 5.13 Å². The Morgan fingerprint density at radius 1 is 1.20 bits per heavy atom. The zero-order valence-corrected chi connectivity index (χ0v) is 12.7. The van der Waals surface area contributed by atoms with Crippen molar-refractivity contribution in [1.29, 1.82) is 0 Å². The van der Waals surface area contributed by atoms with Crippen molar-refractivity contribution in [2.45, 2.75) is 57.9 Å². The number of amides is 1. The van der Waals surface area contributed by atoms with Crippen LogP contribution in [0.3, 0.4) is 0 Å². The van der Waals surface area contributed by atoms with Crippen LogP contribution < -0.4 is 10.6 Å². The summed E-state index contributed by atoms with van der Waals surface area (Å²) in [4.78, 5) is 18.2. The maximum Gasteiger partial charge on any atom is 0.229 e. The van der Waals surface area contributed by atoms with Crippen LogP contribution in [0.25, 0.3) is 0 Å². The van der Waals surface area contributed by atoms with Crippen LogP contribution in [0.2, 0.25) is 0 Å². The molecule has 4 nitrogen and oxygen atoms in total. The molecule has 1 fully saturated rings. The van der Waals surface area contributed by atoms with Gasteiger partial charge in [-0.15, -0.1) is 11.3 Å². The molecule has 0 saturated heterocycles. The van der Waals surface area contributed by atoms with Crippen LogP contribution in [-0.4, -0.2) is 17.4 Å². The van der Waals surface area contributed by atoms with Crippen molar-refractivity contribution < 1.29 is 4.79 Å². The third-order valence-corrected chi connectivity index (χ3v) is 5.32. The number of carbonyl (C=O) groups excluding carboxylic acids is 1. The van der Waals surface area contributed by atoms with E-state index in [4.69, 9.17) is 0 Å². The minimum atomic E-state index is 0.186. The molecule has 1 aliphatic heterocycles. The molecule has 0 unspecified atom stereocenters. The number of rotatable bonds is 2. The highest BCUT2D eigenvalue weighted by molar-refractivity contribution is 7.15.